The van der Waals surface area contributed by atoms with Gasteiger partial charge in [-0.1, -0.05) is 23.7 Å². The van der Waals surface area contributed by atoms with Crippen LogP contribution in [0, 0.1) is 0 Å². The van der Waals surface area contributed by atoms with Gasteiger partial charge in [-0.25, -0.2) is 4.90 Å². The summed E-state index contributed by atoms with van der Waals surface area (Å²) in [5.74, 6) is -3.44. The molecule has 8 nitrogen and oxygen atoms in total. The molecule has 2 rings (SSSR count). The van der Waals surface area contributed by atoms with Crippen molar-refractivity contribution in [3.8, 4) is 0 Å². The number of para-hydroxylation sites is 1. The van der Waals surface area contributed by atoms with E-state index in [4.69, 9.17) is 20.6 Å². The molecule has 1 unspecified atom stereocenters. The van der Waals surface area contributed by atoms with Crippen LogP contribution in [0.1, 0.15) is 13.8 Å². The van der Waals surface area contributed by atoms with Gasteiger partial charge in [0, 0.05) is 14.1 Å². The van der Waals surface area contributed by atoms with Gasteiger partial charge in [0.1, 0.15) is 5.70 Å². The van der Waals surface area contributed by atoms with Gasteiger partial charge in [0.2, 0.25) is 0 Å². The maximum atomic E-state index is 13.0. The van der Waals surface area contributed by atoms with Crippen molar-refractivity contribution < 1.29 is 28.3 Å². The van der Waals surface area contributed by atoms with Crippen molar-refractivity contribution in [2.24, 2.45) is 0 Å². The number of rotatable bonds is 8. The van der Waals surface area contributed by atoms with E-state index < -0.39 is 25.3 Å². The maximum Gasteiger partial charge on any atom is 0.363 e. The van der Waals surface area contributed by atoms with Gasteiger partial charge in [-0.05, 0) is 26.0 Å². The first-order valence-corrected chi connectivity index (χ1v) is 10.3. The quantitative estimate of drug-likeness (QED) is 0.514. The van der Waals surface area contributed by atoms with E-state index in [1.807, 2.05) is 0 Å². The molecule has 0 aliphatic carbocycles. The summed E-state index contributed by atoms with van der Waals surface area (Å²) in [4.78, 5) is 28.2. The highest BCUT2D eigenvalue weighted by molar-refractivity contribution is 7.54. The highest BCUT2D eigenvalue weighted by Gasteiger charge is 2.50. The molecule has 0 aromatic heterocycles. The summed E-state index contributed by atoms with van der Waals surface area (Å²) < 4.78 is 23.3. The fraction of sp³-hybridized carbons (Fsp3) is 0.412. The topological polar surface area (TPSA) is 96.4 Å². The molecule has 0 fully saturated rings. The first-order chi connectivity index (χ1) is 12.7. The van der Waals surface area contributed by atoms with E-state index >= 15 is 0 Å². The SMILES string of the molecule is CCOP(=O)(OCC)C(O)C1=C(N(C)C)C(=O)N(c2ccccc2Cl)C1=O. The summed E-state index contributed by atoms with van der Waals surface area (Å²) in [5, 5.41) is 10.9. The van der Waals surface area contributed by atoms with E-state index in [1.165, 1.54) is 31.1 Å². The van der Waals surface area contributed by atoms with Gasteiger partial charge in [0.25, 0.3) is 11.8 Å². The lowest BCUT2D eigenvalue weighted by Crippen LogP contribution is -2.34. The van der Waals surface area contributed by atoms with E-state index in [2.05, 4.69) is 0 Å². The molecular weight excluding hydrogens is 395 g/mol. The van der Waals surface area contributed by atoms with Crippen molar-refractivity contribution in [1.29, 1.82) is 0 Å². The highest BCUT2D eigenvalue weighted by Crippen LogP contribution is 2.56. The zero-order valence-electron chi connectivity index (χ0n) is 15.5. The monoisotopic (exact) mass is 416 g/mol. The minimum Gasteiger partial charge on any atom is -0.376 e. The first kappa shape index (κ1) is 21.6. The second-order valence-corrected chi connectivity index (χ2v) is 8.30. The third-order valence-electron chi connectivity index (χ3n) is 3.81. The van der Waals surface area contributed by atoms with Crippen molar-refractivity contribution in [2.75, 3.05) is 32.2 Å². The molecule has 0 saturated heterocycles. The van der Waals surface area contributed by atoms with E-state index in [9.17, 15) is 19.3 Å². The van der Waals surface area contributed by atoms with Crippen molar-refractivity contribution in [3.63, 3.8) is 0 Å². The van der Waals surface area contributed by atoms with Crippen molar-refractivity contribution in [2.45, 2.75) is 19.7 Å². The number of hydrogen-bond donors (Lipinski definition) is 1. The second kappa shape index (κ2) is 8.54. The number of aliphatic hydroxyl groups is 1. The van der Waals surface area contributed by atoms with Crippen LogP contribution in [0.15, 0.2) is 35.5 Å². The van der Waals surface area contributed by atoms with Gasteiger partial charge in [-0.3, -0.25) is 14.2 Å². The lowest BCUT2D eigenvalue weighted by molar-refractivity contribution is -0.121. The van der Waals surface area contributed by atoms with Gasteiger partial charge in [-0.15, -0.1) is 0 Å². The molecule has 0 radical (unpaired) electrons. The molecule has 27 heavy (non-hydrogen) atoms. The third kappa shape index (κ3) is 3.95. The van der Waals surface area contributed by atoms with Crippen LogP contribution in [0.25, 0.3) is 0 Å². The number of hydrogen-bond acceptors (Lipinski definition) is 7. The molecule has 1 aliphatic heterocycles. The molecule has 0 spiro atoms. The molecule has 148 valence electrons. The van der Waals surface area contributed by atoms with Crippen LogP contribution in [0.5, 0.6) is 0 Å². The Morgan fingerprint density at radius 3 is 2.19 bits per heavy atom. The Morgan fingerprint density at radius 2 is 1.70 bits per heavy atom. The predicted octanol–water partition coefficient (Wildman–Crippen LogP) is 2.61. The molecule has 1 aromatic rings. The largest absolute Gasteiger partial charge is 0.376 e. The molecule has 1 aliphatic rings. The number of imide groups is 1. The third-order valence-corrected chi connectivity index (χ3v) is 6.22. The number of carbonyl (C=O) groups excluding carboxylic acids is 2. The Morgan fingerprint density at radius 1 is 1.15 bits per heavy atom. The smallest absolute Gasteiger partial charge is 0.363 e. The molecule has 1 heterocycles. The summed E-state index contributed by atoms with van der Waals surface area (Å²) in [7, 11) is -1.02. The summed E-state index contributed by atoms with van der Waals surface area (Å²) in [6.07, 6.45) is 0. The van der Waals surface area contributed by atoms with Crippen molar-refractivity contribution >= 4 is 36.7 Å². The number of anilines is 1. The van der Waals surface area contributed by atoms with Crippen LogP contribution in [0.2, 0.25) is 5.02 Å². The number of carbonyl (C=O) groups is 2. The zero-order valence-corrected chi connectivity index (χ0v) is 17.2. The van der Waals surface area contributed by atoms with Gasteiger partial charge in [0.15, 0.2) is 5.85 Å². The zero-order chi connectivity index (χ0) is 20.4. The molecule has 2 amide bonds. The van der Waals surface area contributed by atoms with Crippen molar-refractivity contribution in [3.05, 3.63) is 40.6 Å². The van der Waals surface area contributed by atoms with E-state index in [1.54, 1.807) is 26.0 Å². The van der Waals surface area contributed by atoms with Crippen LogP contribution in [0.3, 0.4) is 0 Å². The van der Waals surface area contributed by atoms with Gasteiger partial charge in [0.05, 0.1) is 29.5 Å². The maximum absolute atomic E-state index is 13.0. The predicted molar refractivity (Wildman–Crippen MR) is 102 cm³/mol. The number of likely N-dealkylation sites (N-methyl/N-ethyl adjacent to an activating group) is 1. The van der Waals surface area contributed by atoms with Gasteiger partial charge < -0.3 is 19.1 Å². The minimum absolute atomic E-state index is 0.00468. The summed E-state index contributed by atoms with van der Waals surface area (Å²) >= 11 is 6.13. The van der Waals surface area contributed by atoms with Crippen LogP contribution < -0.4 is 4.90 Å². The number of aliphatic hydroxyl groups excluding tert-OH is 1. The Balaban J connectivity index is 2.58. The van der Waals surface area contributed by atoms with E-state index in [0.29, 0.717) is 0 Å². The lowest BCUT2D eigenvalue weighted by atomic mass is 10.2. The lowest BCUT2D eigenvalue weighted by Gasteiger charge is -2.24. The van der Waals surface area contributed by atoms with Gasteiger partial charge >= 0.3 is 7.60 Å². The average molecular weight is 417 g/mol. The molecular formula is C17H22ClN2O6P. The molecule has 1 N–H and O–H groups in total. The van der Waals surface area contributed by atoms with Crippen molar-refractivity contribution in [1.82, 2.24) is 4.90 Å². The van der Waals surface area contributed by atoms with Gasteiger partial charge in [-0.2, -0.15) is 0 Å². The molecule has 1 atom stereocenters. The Hall–Kier alpha value is -1.70. The summed E-state index contributed by atoms with van der Waals surface area (Å²) in [6.45, 7) is 3.15. The normalized spacial score (nSPS) is 16.3. The average Bonchev–Trinajstić information content (AvgIpc) is 2.86. The van der Waals surface area contributed by atoms with Crippen LogP contribution in [0.4, 0.5) is 5.69 Å². The first-order valence-electron chi connectivity index (χ1n) is 8.31. The number of nitrogens with zero attached hydrogens (tertiary/aromatic N) is 2. The van der Waals surface area contributed by atoms with E-state index in [-0.39, 0.29) is 35.2 Å². The summed E-state index contributed by atoms with van der Waals surface area (Å²) in [6, 6.07) is 6.32. The molecule has 0 saturated carbocycles. The summed E-state index contributed by atoms with van der Waals surface area (Å²) in [5.41, 5.74) is -0.291. The molecule has 10 heteroatoms. The highest BCUT2D eigenvalue weighted by atomic mass is 35.5. The Kier molecular flexibility index (Phi) is 6.83. The minimum atomic E-state index is -4.09. The molecule has 0 bridgehead atoms. The Labute approximate surface area is 162 Å². The Bertz CT molecular complexity index is 815. The fourth-order valence-electron chi connectivity index (χ4n) is 2.75. The van der Waals surface area contributed by atoms with Crippen LogP contribution >= 0.6 is 19.2 Å². The fourth-order valence-corrected chi connectivity index (χ4v) is 4.59. The number of halogens is 1. The second-order valence-electron chi connectivity index (χ2n) is 5.80. The van der Waals surface area contributed by atoms with Crippen LogP contribution in [-0.2, 0) is 23.2 Å². The standard InChI is InChI=1S/C17H22ClN2O6P/c1-5-25-27(24,26-6-2)17(23)13-14(19(3)4)16(22)20(15(13)21)12-10-8-7-9-11(12)18/h7-10,17,23H,5-6H2,1-4H3. The van der Waals surface area contributed by atoms with Crippen LogP contribution in [-0.4, -0.2) is 55.0 Å². The number of amides is 2. The molecule has 1 aromatic carbocycles. The van der Waals surface area contributed by atoms with E-state index in [0.717, 1.165) is 4.90 Å². The number of benzene rings is 1.